The van der Waals surface area contributed by atoms with Crippen LogP contribution in [0.2, 0.25) is 0 Å². The van der Waals surface area contributed by atoms with Crippen molar-refractivity contribution in [1.82, 2.24) is 4.57 Å². The third kappa shape index (κ3) is 4.95. The van der Waals surface area contributed by atoms with Gasteiger partial charge in [0.1, 0.15) is 0 Å². The van der Waals surface area contributed by atoms with Crippen molar-refractivity contribution in [1.29, 1.82) is 10.5 Å². The zero-order valence-electron chi connectivity index (χ0n) is 27.7. The lowest BCUT2D eigenvalue weighted by molar-refractivity contribution is 0.0935. The minimum absolute atomic E-state index is 0.301. The predicted octanol–water partition coefficient (Wildman–Crippen LogP) is 10.2. The molecule has 0 saturated carbocycles. The summed E-state index contributed by atoms with van der Waals surface area (Å²) in [5.41, 5.74) is 10.2. The predicted molar refractivity (Wildman–Crippen MR) is 205 cm³/mol. The van der Waals surface area contributed by atoms with E-state index in [4.69, 9.17) is 0 Å². The summed E-state index contributed by atoms with van der Waals surface area (Å²) in [7, 11) is 0. The van der Waals surface area contributed by atoms with E-state index >= 15 is 0 Å². The van der Waals surface area contributed by atoms with Crippen LogP contribution in [-0.2, 0) is 0 Å². The number of aliphatic hydroxyl groups excluding tert-OH is 1. The molecule has 6 heteroatoms. The molecule has 1 aliphatic rings. The first-order chi connectivity index (χ1) is 25.5. The number of carbonyl (C=O) groups is 1. The van der Waals surface area contributed by atoms with E-state index in [9.17, 15) is 20.4 Å². The standard InChI is InChI=1S/C46H28N4O2/c47-27-29-20-30(28-48)22-34(21-29)33-18-19-39-38-14-7-8-16-41(38)50(43(39)26-33)42-17-9-15-40-44(42)46(52)49(45(40)51)37-24-35(31-10-3-1-4-11-31)23-36(25-37)32-12-5-2-6-13-32/h1-26,45,51H. The van der Waals surface area contributed by atoms with E-state index in [-0.39, 0.29) is 5.91 Å². The molecule has 0 radical (unpaired) electrons. The van der Waals surface area contributed by atoms with Crippen LogP contribution in [0.3, 0.4) is 0 Å². The number of carbonyl (C=O) groups excluding carboxylic acids is 1. The number of nitrogens with zero attached hydrogens (tertiary/aromatic N) is 4. The third-order valence-corrected chi connectivity index (χ3v) is 9.88. The number of hydrogen-bond donors (Lipinski definition) is 1. The summed E-state index contributed by atoms with van der Waals surface area (Å²) in [5.74, 6) is -0.301. The highest BCUT2D eigenvalue weighted by molar-refractivity contribution is 6.16. The van der Waals surface area contributed by atoms with Crippen LogP contribution in [0.1, 0.15) is 33.3 Å². The number of aromatic nitrogens is 1. The van der Waals surface area contributed by atoms with Crippen molar-refractivity contribution in [2.75, 3.05) is 4.90 Å². The topological polar surface area (TPSA) is 93.0 Å². The lowest BCUT2D eigenvalue weighted by Gasteiger charge is -2.23. The molecule has 52 heavy (non-hydrogen) atoms. The lowest BCUT2D eigenvalue weighted by Crippen LogP contribution is -2.27. The summed E-state index contributed by atoms with van der Waals surface area (Å²) in [6.45, 7) is 0. The Balaban J connectivity index is 1.23. The molecule has 0 bridgehead atoms. The fraction of sp³-hybridized carbons (Fsp3) is 0.0217. The second kappa shape index (κ2) is 12.3. The maximum absolute atomic E-state index is 14.8. The first-order valence-electron chi connectivity index (χ1n) is 16.9. The van der Waals surface area contributed by atoms with Crippen molar-refractivity contribution in [3.8, 4) is 51.2 Å². The van der Waals surface area contributed by atoms with E-state index < -0.39 is 6.23 Å². The molecule has 1 N–H and O–H groups in total. The van der Waals surface area contributed by atoms with Crippen LogP contribution >= 0.6 is 0 Å². The summed E-state index contributed by atoms with van der Waals surface area (Å²) in [4.78, 5) is 16.3. The van der Waals surface area contributed by atoms with Gasteiger partial charge in [-0.25, -0.2) is 0 Å². The first kappa shape index (κ1) is 30.8. The van der Waals surface area contributed by atoms with Crippen LogP contribution in [0.4, 0.5) is 5.69 Å². The summed E-state index contributed by atoms with van der Waals surface area (Å²) < 4.78 is 2.08. The van der Waals surface area contributed by atoms with E-state index in [0.29, 0.717) is 33.6 Å². The highest BCUT2D eigenvalue weighted by Crippen LogP contribution is 2.44. The van der Waals surface area contributed by atoms with Crippen molar-refractivity contribution in [2.24, 2.45) is 0 Å². The quantitative estimate of drug-likeness (QED) is 0.198. The van der Waals surface area contributed by atoms with E-state index in [2.05, 4.69) is 28.8 Å². The van der Waals surface area contributed by atoms with Gasteiger partial charge >= 0.3 is 0 Å². The van der Waals surface area contributed by atoms with Gasteiger partial charge in [-0.05, 0) is 88.0 Å². The molecule has 0 spiro atoms. The Morgan fingerprint density at radius 2 is 1.12 bits per heavy atom. The molecule has 0 saturated heterocycles. The van der Waals surface area contributed by atoms with Crippen LogP contribution < -0.4 is 4.90 Å². The molecule has 1 aliphatic heterocycles. The zero-order valence-corrected chi connectivity index (χ0v) is 27.7. The minimum atomic E-state index is -1.21. The van der Waals surface area contributed by atoms with Crippen molar-refractivity contribution in [3.05, 3.63) is 180 Å². The Morgan fingerprint density at radius 1 is 0.519 bits per heavy atom. The highest BCUT2D eigenvalue weighted by atomic mass is 16.3. The van der Waals surface area contributed by atoms with Gasteiger partial charge in [-0.15, -0.1) is 0 Å². The second-order valence-corrected chi connectivity index (χ2v) is 12.9. The normalized spacial score (nSPS) is 13.6. The molecule has 0 aliphatic carbocycles. The maximum atomic E-state index is 14.8. The minimum Gasteiger partial charge on any atom is -0.369 e. The second-order valence-electron chi connectivity index (χ2n) is 12.9. The number of para-hydroxylation sites is 1. The number of fused-ring (bicyclic) bond motifs is 4. The SMILES string of the molecule is N#Cc1cc(C#N)cc(-c2ccc3c4ccccc4n(-c4cccc5c4C(=O)N(c4cc(-c6ccccc6)cc(-c6ccccc6)c4)C5O)c3c2)c1. The highest BCUT2D eigenvalue weighted by Gasteiger charge is 2.39. The van der Waals surface area contributed by atoms with Crippen LogP contribution in [0.5, 0.6) is 0 Å². The molecule has 7 aromatic carbocycles. The number of anilines is 1. The van der Waals surface area contributed by atoms with E-state index in [1.54, 1.807) is 18.2 Å². The number of benzene rings is 7. The summed E-state index contributed by atoms with van der Waals surface area (Å²) in [6, 6.07) is 55.3. The fourth-order valence-electron chi connectivity index (χ4n) is 7.50. The molecule has 244 valence electrons. The van der Waals surface area contributed by atoms with Gasteiger partial charge in [-0.3, -0.25) is 9.69 Å². The summed E-state index contributed by atoms with van der Waals surface area (Å²) in [6.07, 6.45) is -1.21. The van der Waals surface area contributed by atoms with Crippen molar-refractivity contribution in [3.63, 3.8) is 0 Å². The van der Waals surface area contributed by atoms with Gasteiger partial charge < -0.3 is 9.67 Å². The van der Waals surface area contributed by atoms with Crippen LogP contribution in [0, 0.1) is 22.7 Å². The lowest BCUT2D eigenvalue weighted by atomic mass is 9.97. The van der Waals surface area contributed by atoms with Gasteiger partial charge in [0.05, 0.1) is 45.5 Å². The van der Waals surface area contributed by atoms with Crippen molar-refractivity contribution >= 4 is 33.4 Å². The number of amides is 1. The van der Waals surface area contributed by atoms with E-state index in [0.717, 1.165) is 55.2 Å². The van der Waals surface area contributed by atoms with Gasteiger partial charge in [0.2, 0.25) is 0 Å². The Morgan fingerprint density at radius 3 is 1.77 bits per heavy atom. The zero-order chi connectivity index (χ0) is 35.3. The molecule has 8 aromatic rings. The molecular formula is C46H28N4O2. The van der Waals surface area contributed by atoms with Crippen LogP contribution in [0.15, 0.2) is 158 Å². The van der Waals surface area contributed by atoms with E-state index in [1.165, 1.54) is 4.90 Å². The average molecular weight is 669 g/mol. The molecule has 1 unspecified atom stereocenters. The maximum Gasteiger partial charge on any atom is 0.263 e. The Bertz CT molecular complexity index is 2720. The Kier molecular flexibility index (Phi) is 7.26. The fourth-order valence-corrected chi connectivity index (χ4v) is 7.50. The molecule has 6 nitrogen and oxygen atoms in total. The van der Waals surface area contributed by atoms with Gasteiger partial charge in [0, 0.05) is 22.0 Å². The molecule has 9 rings (SSSR count). The number of rotatable bonds is 5. The van der Waals surface area contributed by atoms with Gasteiger partial charge in [0.25, 0.3) is 5.91 Å². The smallest absolute Gasteiger partial charge is 0.263 e. The number of hydrogen-bond acceptors (Lipinski definition) is 4. The first-order valence-corrected chi connectivity index (χ1v) is 16.9. The number of aliphatic hydroxyl groups is 1. The average Bonchev–Trinajstić information content (AvgIpc) is 3.67. The molecule has 1 aromatic heterocycles. The summed E-state index contributed by atoms with van der Waals surface area (Å²) in [5, 5.41) is 33.3. The molecule has 1 amide bonds. The summed E-state index contributed by atoms with van der Waals surface area (Å²) >= 11 is 0. The van der Waals surface area contributed by atoms with Gasteiger partial charge in [-0.1, -0.05) is 103 Å². The van der Waals surface area contributed by atoms with Crippen molar-refractivity contribution < 1.29 is 9.90 Å². The van der Waals surface area contributed by atoms with Crippen LogP contribution in [-0.4, -0.2) is 15.6 Å². The Hall–Kier alpha value is -7.25. The van der Waals surface area contributed by atoms with Crippen LogP contribution in [0.25, 0.3) is 60.9 Å². The van der Waals surface area contributed by atoms with Crippen molar-refractivity contribution in [2.45, 2.75) is 6.23 Å². The molecule has 1 atom stereocenters. The monoisotopic (exact) mass is 668 g/mol. The Labute approximate surface area is 299 Å². The molecule has 0 fully saturated rings. The third-order valence-electron chi connectivity index (χ3n) is 9.88. The number of nitriles is 2. The molecule has 2 heterocycles. The van der Waals surface area contributed by atoms with Gasteiger partial charge in [-0.2, -0.15) is 10.5 Å². The van der Waals surface area contributed by atoms with E-state index in [1.807, 2.05) is 127 Å². The van der Waals surface area contributed by atoms with Gasteiger partial charge in [0.15, 0.2) is 6.23 Å². The molecular weight excluding hydrogens is 641 g/mol. The largest absolute Gasteiger partial charge is 0.369 e.